The van der Waals surface area contributed by atoms with Crippen molar-refractivity contribution < 1.29 is 9.47 Å². The molecule has 6 nitrogen and oxygen atoms in total. The van der Waals surface area contributed by atoms with E-state index in [9.17, 15) is 0 Å². The lowest BCUT2D eigenvalue weighted by atomic mass is 10.2. The first kappa shape index (κ1) is 15.6. The molecular formula is C16H18N4O2. The van der Waals surface area contributed by atoms with Crippen LogP contribution in [-0.4, -0.2) is 33.6 Å². The summed E-state index contributed by atoms with van der Waals surface area (Å²) < 4.78 is 10.6. The fourth-order valence-electron chi connectivity index (χ4n) is 1.73. The normalized spacial score (nSPS) is 10.1. The van der Waals surface area contributed by atoms with Gasteiger partial charge in [0.1, 0.15) is 34.3 Å². The molecule has 0 atom stereocenters. The highest BCUT2D eigenvalue weighted by atomic mass is 16.5. The first-order valence-electron chi connectivity index (χ1n) is 6.97. The molecule has 0 aliphatic rings. The van der Waals surface area contributed by atoms with Crippen molar-refractivity contribution in [3.8, 4) is 11.4 Å². The van der Waals surface area contributed by atoms with E-state index in [2.05, 4.69) is 33.6 Å². The second kappa shape index (κ2) is 7.31. The van der Waals surface area contributed by atoms with Crippen LogP contribution in [0.3, 0.4) is 0 Å². The van der Waals surface area contributed by atoms with Crippen molar-refractivity contribution in [2.75, 3.05) is 13.2 Å². The molecule has 22 heavy (non-hydrogen) atoms. The Morgan fingerprint density at radius 2 is 1.18 bits per heavy atom. The van der Waals surface area contributed by atoms with Gasteiger partial charge in [0.2, 0.25) is 0 Å². The summed E-state index contributed by atoms with van der Waals surface area (Å²) in [5, 5.41) is 16.4. The number of nitrogens with zero attached hydrogens (tertiary/aromatic N) is 4. The molecule has 0 amide bonds. The van der Waals surface area contributed by atoms with E-state index in [0.717, 1.165) is 0 Å². The molecule has 0 aliphatic carbocycles. The predicted molar refractivity (Wildman–Crippen MR) is 84.4 cm³/mol. The van der Waals surface area contributed by atoms with Crippen LogP contribution in [0.1, 0.15) is 25.2 Å². The predicted octanol–water partition coefficient (Wildman–Crippen LogP) is 2.95. The van der Waals surface area contributed by atoms with Gasteiger partial charge in [-0.2, -0.15) is 0 Å². The first-order chi connectivity index (χ1) is 10.7. The summed E-state index contributed by atoms with van der Waals surface area (Å²) in [6.07, 6.45) is 0. The van der Waals surface area contributed by atoms with Gasteiger partial charge < -0.3 is 9.47 Å². The summed E-state index contributed by atoms with van der Waals surface area (Å²) in [6, 6.07) is 7.17. The Kier molecular flexibility index (Phi) is 5.19. The van der Waals surface area contributed by atoms with Crippen molar-refractivity contribution in [2.24, 2.45) is 0 Å². The molecule has 114 valence electrons. The Morgan fingerprint density at radius 1 is 0.773 bits per heavy atom. The Balaban J connectivity index is 2.15. The van der Waals surface area contributed by atoms with Gasteiger partial charge in [-0.25, -0.2) is 0 Å². The molecule has 2 rings (SSSR count). The van der Waals surface area contributed by atoms with E-state index in [0.29, 0.717) is 47.5 Å². The number of rotatable bonds is 7. The minimum absolute atomic E-state index is 0.496. The standard InChI is InChI=1S/C16H18N4O2/c1-5-21-11(3)13-7-9-15(19-17-13)16-10-8-14(18-20-16)12(4)22-6-2/h7-10H,3-6H2,1-2H3. The maximum atomic E-state index is 5.29. The third kappa shape index (κ3) is 3.66. The SMILES string of the molecule is C=C(OCC)c1ccc(-c2ccc(C(=C)OCC)nn2)nn1. The summed E-state index contributed by atoms with van der Waals surface area (Å²) in [4.78, 5) is 0. The molecule has 0 unspecified atom stereocenters. The molecule has 2 heterocycles. The minimum atomic E-state index is 0.496. The third-order valence-corrected chi connectivity index (χ3v) is 2.80. The monoisotopic (exact) mass is 298 g/mol. The van der Waals surface area contributed by atoms with Gasteiger partial charge >= 0.3 is 0 Å². The second-order valence-corrected chi connectivity index (χ2v) is 4.32. The van der Waals surface area contributed by atoms with Crippen molar-refractivity contribution in [3.63, 3.8) is 0 Å². The summed E-state index contributed by atoms with van der Waals surface area (Å²) >= 11 is 0. The Labute approximate surface area is 129 Å². The average Bonchev–Trinajstić information content (AvgIpc) is 2.55. The molecule has 0 radical (unpaired) electrons. The van der Waals surface area contributed by atoms with E-state index in [-0.39, 0.29) is 0 Å². The zero-order valence-corrected chi connectivity index (χ0v) is 12.7. The van der Waals surface area contributed by atoms with Gasteiger partial charge in [0.25, 0.3) is 0 Å². The van der Waals surface area contributed by atoms with Crippen molar-refractivity contribution in [1.29, 1.82) is 0 Å². The van der Waals surface area contributed by atoms with E-state index in [4.69, 9.17) is 9.47 Å². The van der Waals surface area contributed by atoms with E-state index < -0.39 is 0 Å². The fourth-order valence-corrected chi connectivity index (χ4v) is 1.73. The minimum Gasteiger partial charge on any atom is -0.492 e. The van der Waals surface area contributed by atoms with Crippen molar-refractivity contribution >= 4 is 11.5 Å². The molecule has 0 bridgehead atoms. The Hall–Kier alpha value is -2.76. The van der Waals surface area contributed by atoms with Gasteiger partial charge in [-0.05, 0) is 38.1 Å². The Bertz CT molecular complexity index is 591. The lowest BCUT2D eigenvalue weighted by molar-refractivity contribution is 0.297. The molecular weight excluding hydrogens is 280 g/mol. The average molecular weight is 298 g/mol. The summed E-state index contributed by atoms with van der Waals surface area (Å²) in [5.41, 5.74) is 2.43. The van der Waals surface area contributed by atoms with Crippen LogP contribution in [0.4, 0.5) is 0 Å². The molecule has 0 saturated heterocycles. The maximum absolute atomic E-state index is 5.29. The van der Waals surface area contributed by atoms with Crippen LogP contribution in [0.25, 0.3) is 22.9 Å². The highest BCUT2D eigenvalue weighted by molar-refractivity contribution is 5.59. The molecule has 0 fully saturated rings. The lowest BCUT2D eigenvalue weighted by Gasteiger charge is -2.07. The first-order valence-corrected chi connectivity index (χ1v) is 6.97. The molecule has 0 N–H and O–H groups in total. The molecule has 0 spiro atoms. The molecule has 0 aliphatic heterocycles. The quantitative estimate of drug-likeness (QED) is 0.732. The fraction of sp³-hybridized carbons (Fsp3) is 0.250. The zero-order chi connectivity index (χ0) is 15.9. The number of aromatic nitrogens is 4. The lowest BCUT2D eigenvalue weighted by Crippen LogP contribution is -2.00. The molecule has 6 heteroatoms. The van der Waals surface area contributed by atoms with Crippen molar-refractivity contribution in [2.45, 2.75) is 13.8 Å². The molecule has 2 aromatic rings. The van der Waals surface area contributed by atoms with Crippen LogP contribution in [-0.2, 0) is 9.47 Å². The van der Waals surface area contributed by atoms with Gasteiger partial charge in [-0.1, -0.05) is 13.2 Å². The van der Waals surface area contributed by atoms with Gasteiger partial charge in [0, 0.05) is 0 Å². The summed E-state index contributed by atoms with van der Waals surface area (Å²) in [5.74, 6) is 0.993. The van der Waals surface area contributed by atoms with Crippen LogP contribution in [0.2, 0.25) is 0 Å². The topological polar surface area (TPSA) is 70.0 Å². The van der Waals surface area contributed by atoms with Crippen LogP contribution < -0.4 is 0 Å². The van der Waals surface area contributed by atoms with Gasteiger partial charge in [-0.15, -0.1) is 20.4 Å². The zero-order valence-electron chi connectivity index (χ0n) is 12.7. The number of hydrogen-bond acceptors (Lipinski definition) is 6. The van der Waals surface area contributed by atoms with Crippen LogP contribution >= 0.6 is 0 Å². The van der Waals surface area contributed by atoms with Gasteiger partial charge in [0.15, 0.2) is 0 Å². The molecule has 0 saturated carbocycles. The van der Waals surface area contributed by atoms with E-state index in [1.54, 1.807) is 24.3 Å². The second-order valence-electron chi connectivity index (χ2n) is 4.32. The van der Waals surface area contributed by atoms with Crippen LogP contribution in [0, 0.1) is 0 Å². The number of hydrogen-bond donors (Lipinski definition) is 0. The maximum Gasteiger partial charge on any atom is 0.139 e. The summed E-state index contributed by atoms with van der Waals surface area (Å²) in [6.45, 7) is 12.4. The van der Waals surface area contributed by atoms with Crippen LogP contribution in [0.5, 0.6) is 0 Å². The smallest absolute Gasteiger partial charge is 0.139 e. The highest BCUT2D eigenvalue weighted by Gasteiger charge is 2.08. The van der Waals surface area contributed by atoms with Crippen molar-refractivity contribution in [1.82, 2.24) is 20.4 Å². The van der Waals surface area contributed by atoms with Gasteiger partial charge in [-0.3, -0.25) is 0 Å². The summed E-state index contributed by atoms with van der Waals surface area (Å²) in [7, 11) is 0. The highest BCUT2D eigenvalue weighted by Crippen LogP contribution is 2.17. The van der Waals surface area contributed by atoms with E-state index in [1.807, 2.05) is 13.8 Å². The van der Waals surface area contributed by atoms with E-state index >= 15 is 0 Å². The molecule has 0 aromatic carbocycles. The van der Waals surface area contributed by atoms with Crippen LogP contribution in [0.15, 0.2) is 37.4 Å². The number of ether oxygens (including phenoxy) is 2. The Morgan fingerprint density at radius 3 is 1.45 bits per heavy atom. The molecule has 2 aromatic heterocycles. The van der Waals surface area contributed by atoms with Gasteiger partial charge in [0.05, 0.1) is 13.2 Å². The largest absolute Gasteiger partial charge is 0.492 e. The van der Waals surface area contributed by atoms with Crippen molar-refractivity contribution in [3.05, 3.63) is 48.8 Å². The van der Waals surface area contributed by atoms with E-state index in [1.165, 1.54) is 0 Å². The third-order valence-electron chi connectivity index (χ3n) is 2.80.